The van der Waals surface area contributed by atoms with Crippen LogP contribution >= 0.6 is 11.8 Å². The topological polar surface area (TPSA) is 38.9 Å². The van der Waals surface area contributed by atoms with E-state index >= 15 is 0 Å². The number of thioether (sulfide) groups is 1. The summed E-state index contributed by atoms with van der Waals surface area (Å²) in [6.07, 6.45) is 3.60. The van der Waals surface area contributed by atoms with Crippen molar-refractivity contribution >= 4 is 17.4 Å². The number of pyridine rings is 1. The molecule has 0 bridgehead atoms. The van der Waals surface area contributed by atoms with E-state index in [2.05, 4.69) is 11.1 Å². The van der Waals surface area contributed by atoms with Crippen molar-refractivity contribution < 1.29 is 4.39 Å². The molecule has 0 fully saturated rings. The Morgan fingerprint density at radius 3 is 2.82 bits per heavy atom. The zero-order valence-corrected chi connectivity index (χ0v) is 10.3. The first-order valence-corrected chi connectivity index (χ1v) is 6.22. The van der Waals surface area contributed by atoms with Crippen LogP contribution in [-0.4, -0.2) is 4.98 Å². The third-order valence-electron chi connectivity index (χ3n) is 2.28. The Bertz CT molecular complexity index is 529. The van der Waals surface area contributed by atoms with E-state index in [1.807, 2.05) is 6.92 Å². The molecule has 0 amide bonds. The molecule has 0 aliphatic heterocycles. The number of nitrogens with two attached hydrogens (primary N) is 1. The SMILES string of the molecule is Cc1cncc(CSc2ccc(N)cc2F)c1. The van der Waals surface area contributed by atoms with Crippen molar-refractivity contribution in [2.24, 2.45) is 0 Å². The van der Waals surface area contributed by atoms with Crippen LogP contribution < -0.4 is 5.73 Å². The minimum absolute atomic E-state index is 0.268. The van der Waals surface area contributed by atoms with Crippen LogP contribution in [0.2, 0.25) is 0 Å². The second-order valence-corrected chi connectivity index (χ2v) is 4.87. The fourth-order valence-corrected chi connectivity index (χ4v) is 2.33. The molecule has 1 aromatic heterocycles. The Balaban J connectivity index is 2.07. The maximum atomic E-state index is 13.5. The van der Waals surface area contributed by atoms with E-state index in [9.17, 15) is 4.39 Å². The van der Waals surface area contributed by atoms with Gasteiger partial charge in [0, 0.05) is 28.7 Å². The molecule has 2 rings (SSSR count). The summed E-state index contributed by atoms with van der Waals surface area (Å²) in [5.74, 6) is 0.436. The molecular weight excluding hydrogens is 235 g/mol. The second-order valence-electron chi connectivity index (χ2n) is 3.85. The van der Waals surface area contributed by atoms with Crippen molar-refractivity contribution in [3.8, 4) is 0 Å². The van der Waals surface area contributed by atoms with Crippen molar-refractivity contribution in [1.29, 1.82) is 0 Å². The van der Waals surface area contributed by atoms with Crippen molar-refractivity contribution in [2.75, 3.05) is 5.73 Å². The van der Waals surface area contributed by atoms with Gasteiger partial charge in [0.15, 0.2) is 0 Å². The molecule has 0 radical (unpaired) electrons. The molecule has 0 aliphatic carbocycles. The lowest BCUT2D eigenvalue weighted by Gasteiger charge is -2.04. The van der Waals surface area contributed by atoms with Crippen LogP contribution in [0.15, 0.2) is 41.6 Å². The van der Waals surface area contributed by atoms with Crippen molar-refractivity contribution in [3.63, 3.8) is 0 Å². The third-order valence-corrected chi connectivity index (χ3v) is 3.40. The van der Waals surface area contributed by atoms with E-state index in [-0.39, 0.29) is 5.82 Å². The zero-order valence-electron chi connectivity index (χ0n) is 9.48. The van der Waals surface area contributed by atoms with Crippen LogP contribution in [0.4, 0.5) is 10.1 Å². The first-order chi connectivity index (χ1) is 8.15. The van der Waals surface area contributed by atoms with Crippen molar-refractivity contribution in [3.05, 3.63) is 53.6 Å². The molecule has 2 aromatic rings. The Hall–Kier alpha value is -1.55. The number of anilines is 1. The zero-order chi connectivity index (χ0) is 12.3. The smallest absolute Gasteiger partial charge is 0.138 e. The van der Waals surface area contributed by atoms with E-state index < -0.39 is 0 Å². The summed E-state index contributed by atoms with van der Waals surface area (Å²) in [7, 11) is 0. The number of benzene rings is 1. The van der Waals surface area contributed by atoms with Crippen LogP contribution in [0.25, 0.3) is 0 Å². The first-order valence-electron chi connectivity index (χ1n) is 5.23. The molecule has 0 unspecified atom stereocenters. The summed E-state index contributed by atoms with van der Waals surface area (Å²) in [5.41, 5.74) is 8.14. The van der Waals surface area contributed by atoms with Gasteiger partial charge < -0.3 is 5.73 Å². The number of hydrogen-bond donors (Lipinski definition) is 1. The number of rotatable bonds is 3. The van der Waals surface area contributed by atoms with Gasteiger partial charge in [-0.2, -0.15) is 0 Å². The van der Waals surface area contributed by atoms with E-state index in [0.29, 0.717) is 16.3 Å². The lowest BCUT2D eigenvalue weighted by atomic mass is 10.2. The maximum absolute atomic E-state index is 13.5. The number of hydrogen-bond acceptors (Lipinski definition) is 3. The number of nitrogen functional groups attached to an aromatic ring is 1. The molecule has 2 nitrogen and oxygen atoms in total. The monoisotopic (exact) mass is 248 g/mol. The summed E-state index contributed by atoms with van der Waals surface area (Å²) >= 11 is 1.45. The average molecular weight is 248 g/mol. The molecular formula is C13H13FN2S. The molecule has 1 aromatic carbocycles. The molecule has 17 heavy (non-hydrogen) atoms. The maximum Gasteiger partial charge on any atom is 0.138 e. The predicted molar refractivity (Wildman–Crippen MR) is 69.3 cm³/mol. The largest absolute Gasteiger partial charge is 0.399 e. The summed E-state index contributed by atoms with van der Waals surface area (Å²) in [6, 6.07) is 6.81. The number of nitrogens with zero attached hydrogens (tertiary/aromatic N) is 1. The van der Waals surface area contributed by atoms with Crippen LogP contribution in [0, 0.1) is 12.7 Å². The minimum atomic E-state index is -0.268. The Morgan fingerprint density at radius 2 is 2.12 bits per heavy atom. The Morgan fingerprint density at radius 1 is 1.29 bits per heavy atom. The number of aryl methyl sites for hydroxylation is 1. The van der Waals surface area contributed by atoms with Crippen molar-refractivity contribution in [1.82, 2.24) is 4.98 Å². The molecule has 0 atom stereocenters. The molecule has 0 saturated carbocycles. The van der Waals surface area contributed by atoms with Gasteiger partial charge in [-0.15, -0.1) is 11.8 Å². The summed E-state index contributed by atoms with van der Waals surface area (Å²) in [6.45, 7) is 1.99. The van der Waals surface area contributed by atoms with Crippen LogP contribution in [0.5, 0.6) is 0 Å². The summed E-state index contributed by atoms with van der Waals surface area (Å²) in [4.78, 5) is 4.72. The van der Waals surface area contributed by atoms with Crippen LogP contribution in [0.1, 0.15) is 11.1 Å². The van der Waals surface area contributed by atoms with E-state index in [1.54, 1.807) is 24.5 Å². The molecule has 0 saturated heterocycles. The van der Waals surface area contributed by atoms with Crippen LogP contribution in [-0.2, 0) is 5.75 Å². The summed E-state index contributed by atoms with van der Waals surface area (Å²) in [5, 5.41) is 0. The quantitative estimate of drug-likeness (QED) is 0.668. The fourth-order valence-electron chi connectivity index (χ4n) is 1.49. The lowest BCUT2D eigenvalue weighted by Crippen LogP contribution is -1.89. The van der Waals surface area contributed by atoms with E-state index in [4.69, 9.17) is 5.73 Å². The molecule has 1 heterocycles. The molecule has 2 N–H and O–H groups in total. The standard InChI is InChI=1S/C13H13FN2S/c1-9-4-10(7-16-6-9)8-17-13-3-2-11(15)5-12(13)14/h2-7H,8,15H2,1H3. The highest BCUT2D eigenvalue weighted by Gasteiger charge is 2.04. The lowest BCUT2D eigenvalue weighted by molar-refractivity contribution is 0.603. The van der Waals surface area contributed by atoms with Gasteiger partial charge >= 0.3 is 0 Å². The van der Waals surface area contributed by atoms with E-state index in [0.717, 1.165) is 11.1 Å². The fraction of sp³-hybridized carbons (Fsp3) is 0.154. The number of aromatic nitrogens is 1. The highest BCUT2D eigenvalue weighted by molar-refractivity contribution is 7.98. The van der Waals surface area contributed by atoms with Gasteiger partial charge in [-0.1, -0.05) is 6.07 Å². The first kappa shape index (κ1) is 11.9. The van der Waals surface area contributed by atoms with Gasteiger partial charge in [0.2, 0.25) is 0 Å². The van der Waals surface area contributed by atoms with Gasteiger partial charge in [0.1, 0.15) is 5.82 Å². The Labute approximate surface area is 104 Å². The highest BCUT2D eigenvalue weighted by atomic mass is 32.2. The van der Waals surface area contributed by atoms with Gasteiger partial charge in [0.05, 0.1) is 0 Å². The highest BCUT2D eigenvalue weighted by Crippen LogP contribution is 2.26. The normalized spacial score (nSPS) is 10.5. The average Bonchev–Trinajstić information content (AvgIpc) is 2.28. The van der Waals surface area contributed by atoms with Crippen LogP contribution in [0.3, 0.4) is 0 Å². The minimum Gasteiger partial charge on any atom is -0.399 e. The number of halogens is 1. The predicted octanol–water partition coefficient (Wildman–Crippen LogP) is 3.40. The molecule has 4 heteroatoms. The second kappa shape index (κ2) is 5.19. The molecule has 0 spiro atoms. The molecule has 0 aliphatic rings. The van der Waals surface area contributed by atoms with Gasteiger partial charge in [0.25, 0.3) is 0 Å². The van der Waals surface area contributed by atoms with Gasteiger partial charge in [-0.3, -0.25) is 4.98 Å². The molecule has 88 valence electrons. The van der Waals surface area contributed by atoms with Gasteiger partial charge in [-0.05, 0) is 36.2 Å². The Kier molecular flexibility index (Phi) is 3.64. The third kappa shape index (κ3) is 3.20. The van der Waals surface area contributed by atoms with Crippen molar-refractivity contribution in [2.45, 2.75) is 17.6 Å². The van der Waals surface area contributed by atoms with E-state index in [1.165, 1.54) is 17.8 Å². The van der Waals surface area contributed by atoms with Gasteiger partial charge in [-0.25, -0.2) is 4.39 Å². The summed E-state index contributed by atoms with van der Waals surface area (Å²) < 4.78 is 13.5.